The minimum Gasteiger partial charge on any atom is -0.471 e. The molecule has 0 radical (unpaired) electrons. The molecule has 23 heavy (non-hydrogen) atoms. The van der Waals surface area contributed by atoms with Crippen LogP contribution >= 0.6 is 0 Å². The second-order valence-corrected chi connectivity index (χ2v) is 6.43. The molecule has 2 aromatic rings. The van der Waals surface area contributed by atoms with Crippen molar-refractivity contribution in [1.29, 1.82) is 0 Å². The monoisotopic (exact) mass is 313 g/mol. The van der Waals surface area contributed by atoms with Crippen LogP contribution in [0.15, 0.2) is 42.7 Å². The van der Waals surface area contributed by atoms with Gasteiger partial charge in [0.1, 0.15) is 6.10 Å². The molecule has 0 spiro atoms. The fraction of sp³-hybridized carbons (Fsp3) is 0.444. The first-order chi connectivity index (χ1) is 11.1. The number of fused-ring (bicyclic) bond motifs is 1. The minimum atomic E-state index is -0.102. The van der Waals surface area contributed by atoms with Gasteiger partial charge in [-0.15, -0.1) is 0 Å². The highest BCUT2D eigenvalue weighted by Crippen LogP contribution is 2.18. The number of hydrogen-bond donors (Lipinski definition) is 0. The van der Waals surface area contributed by atoms with Crippen molar-refractivity contribution in [1.82, 2.24) is 14.5 Å². The first-order valence-corrected chi connectivity index (χ1v) is 8.11. The van der Waals surface area contributed by atoms with E-state index < -0.39 is 0 Å². The fourth-order valence-corrected chi connectivity index (χ4v) is 2.88. The zero-order valence-corrected chi connectivity index (χ0v) is 13.7. The van der Waals surface area contributed by atoms with Crippen molar-refractivity contribution in [2.24, 2.45) is 5.92 Å². The Kier molecular flexibility index (Phi) is 4.65. The van der Waals surface area contributed by atoms with Crippen molar-refractivity contribution in [2.75, 3.05) is 6.54 Å². The van der Waals surface area contributed by atoms with Gasteiger partial charge in [0.05, 0.1) is 19.6 Å². The summed E-state index contributed by atoms with van der Waals surface area (Å²) in [6.07, 6.45) is 4.22. The summed E-state index contributed by atoms with van der Waals surface area (Å²) in [7, 11) is 0. The highest BCUT2D eigenvalue weighted by Gasteiger charge is 2.26. The van der Waals surface area contributed by atoms with Crippen LogP contribution in [0.3, 0.4) is 0 Å². The van der Waals surface area contributed by atoms with Crippen LogP contribution in [0.4, 0.5) is 0 Å². The van der Waals surface area contributed by atoms with E-state index in [1.165, 1.54) is 0 Å². The molecular weight excluding hydrogens is 290 g/mol. The Hall–Kier alpha value is -2.30. The average Bonchev–Trinajstić information content (AvgIpc) is 2.86. The normalized spacial score (nSPS) is 17.7. The molecule has 1 aliphatic heterocycles. The maximum absolute atomic E-state index is 12.5. The molecule has 1 amide bonds. The molecule has 1 atom stereocenters. The number of nitrogens with zero attached hydrogens (tertiary/aromatic N) is 3. The lowest BCUT2D eigenvalue weighted by atomic mass is 10.1. The van der Waals surface area contributed by atoms with Crippen LogP contribution in [0.1, 0.15) is 26.0 Å². The van der Waals surface area contributed by atoms with E-state index >= 15 is 0 Å². The second-order valence-electron chi connectivity index (χ2n) is 6.43. The standard InChI is InChI=1S/C18H23N3O2/c1-14(2)10-18(22)21-11-15-6-5-9-20(15)12-16(13-21)23-17-7-3-4-8-19-17/h3-9,14,16H,10-13H2,1-2H3/t16-/m0/s1. The molecule has 5 heteroatoms. The molecule has 0 aliphatic carbocycles. The van der Waals surface area contributed by atoms with Gasteiger partial charge in [0.2, 0.25) is 11.8 Å². The SMILES string of the molecule is CC(C)CC(=O)N1Cc2cccn2C[C@H](Oc2ccccn2)C1. The van der Waals surface area contributed by atoms with Crippen molar-refractivity contribution < 1.29 is 9.53 Å². The van der Waals surface area contributed by atoms with Crippen LogP contribution in [0, 0.1) is 5.92 Å². The number of aromatic nitrogens is 2. The van der Waals surface area contributed by atoms with Gasteiger partial charge < -0.3 is 14.2 Å². The molecule has 0 N–H and O–H groups in total. The number of rotatable bonds is 4. The van der Waals surface area contributed by atoms with E-state index in [0.717, 1.165) is 12.2 Å². The Morgan fingerprint density at radius 2 is 2.17 bits per heavy atom. The summed E-state index contributed by atoms with van der Waals surface area (Å²) in [6.45, 7) is 6.09. The Balaban J connectivity index is 1.78. The van der Waals surface area contributed by atoms with Gasteiger partial charge in [-0.25, -0.2) is 4.98 Å². The molecule has 0 saturated carbocycles. The first kappa shape index (κ1) is 15.6. The first-order valence-electron chi connectivity index (χ1n) is 8.11. The number of hydrogen-bond acceptors (Lipinski definition) is 3. The van der Waals surface area contributed by atoms with Gasteiger partial charge in [-0.1, -0.05) is 19.9 Å². The summed E-state index contributed by atoms with van der Waals surface area (Å²) in [5, 5.41) is 0. The van der Waals surface area contributed by atoms with E-state index in [1.807, 2.05) is 35.4 Å². The molecule has 2 aromatic heterocycles. The van der Waals surface area contributed by atoms with Crippen LogP contribution in [0.5, 0.6) is 5.88 Å². The number of ether oxygens (including phenoxy) is 1. The Bertz CT molecular complexity index is 651. The molecule has 122 valence electrons. The van der Waals surface area contributed by atoms with Crippen molar-refractivity contribution >= 4 is 5.91 Å². The maximum atomic E-state index is 12.5. The molecular formula is C18H23N3O2. The zero-order valence-electron chi connectivity index (χ0n) is 13.7. The third-order valence-corrected chi connectivity index (χ3v) is 3.96. The smallest absolute Gasteiger partial charge is 0.223 e. The van der Waals surface area contributed by atoms with Crippen LogP contribution in [0.25, 0.3) is 0 Å². The summed E-state index contributed by atoms with van der Waals surface area (Å²) >= 11 is 0. The highest BCUT2D eigenvalue weighted by atomic mass is 16.5. The van der Waals surface area contributed by atoms with Crippen molar-refractivity contribution in [3.63, 3.8) is 0 Å². The van der Waals surface area contributed by atoms with Gasteiger partial charge in [-0.3, -0.25) is 4.79 Å². The lowest BCUT2D eigenvalue weighted by molar-refractivity contribution is -0.133. The van der Waals surface area contributed by atoms with Crippen molar-refractivity contribution in [2.45, 2.75) is 39.5 Å². The van der Waals surface area contributed by atoms with E-state index in [9.17, 15) is 4.79 Å². The van der Waals surface area contributed by atoms with E-state index in [4.69, 9.17) is 4.74 Å². The third kappa shape index (κ3) is 3.92. The molecule has 0 saturated heterocycles. The Labute approximate surface area is 136 Å². The molecule has 5 nitrogen and oxygen atoms in total. The highest BCUT2D eigenvalue weighted by molar-refractivity contribution is 5.76. The van der Waals surface area contributed by atoms with Gasteiger partial charge in [0.25, 0.3) is 0 Å². The molecule has 0 aromatic carbocycles. The van der Waals surface area contributed by atoms with Crippen molar-refractivity contribution in [3.05, 3.63) is 48.4 Å². The topological polar surface area (TPSA) is 47.4 Å². The third-order valence-electron chi connectivity index (χ3n) is 3.96. The number of carbonyl (C=O) groups is 1. The van der Waals surface area contributed by atoms with E-state index in [0.29, 0.717) is 31.3 Å². The van der Waals surface area contributed by atoms with E-state index in [-0.39, 0.29) is 12.0 Å². The quantitative estimate of drug-likeness (QED) is 0.872. The predicted octanol–water partition coefficient (Wildman–Crippen LogP) is 2.72. The lowest BCUT2D eigenvalue weighted by Gasteiger charge is -2.25. The van der Waals surface area contributed by atoms with E-state index in [1.54, 1.807) is 6.20 Å². The molecule has 0 fully saturated rings. The maximum Gasteiger partial charge on any atom is 0.223 e. The largest absolute Gasteiger partial charge is 0.471 e. The summed E-state index contributed by atoms with van der Waals surface area (Å²) in [4.78, 5) is 18.7. The zero-order chi connectivity index (χ0) is 16.2. The van der Waals surface area contributed by atoms with E-state index in [2.05, 4.69) is 29.5 Å². The van der Waals surface area contributed by atoms with Crippen LogP contribution in [-0.4, -0.2) is 33.0 Å². The Morgan fingerprint density at radius 1 is 1.30 bits per heavy atom. The van der Waals surface area contributed by atoms with Crippen molar-refractivity contribution in [3.8, 4) is 5.88 Å². The molecule has 0 unspecified atom stereocenters. The van der Waals surface area contributed by atoms with Gasteiger partial charge in [-0.05, 0) is 24.1 Å². The molecule has 1 aliphatic rings. The average molecular weight is 313 g/mol. The number of pyridine rings is 1. The lowest BCUT2D eigenvalue weighted by Crippen LogP contribution is -2.39. The van der Waals surface area contributed by atoms with Gasteiger partial charge >= 0.3 is 0 Å². The summed E-state index contributed by atoms with van der Waals surface area (Å²) in [5.74, 6) is 1.14. The summed E-state index contributed by atoms with van der Waals surface area (Å²) < 4.78 is 8.18. The molecule has 0 bridgehead atoms. The number of carbonyl (C=O) groups excluding carboxylic acids is 1. The predicted molar refractivity (Wildman–Crippen MR) is 88.0 cm³/mol. The van der Waals surface area contributed by atoms with Crippen LogP contribution < -0.4 is 4.74 Å². The molecule has 3 rings (SSSR count). The Morgan fingerprint density at radius 3 is 2.91 bits per heavy atom. The fourth-order valence-electron chi connectivity index (χ4n) is 2.88. The molecule has 3 heterocycles. The van der Waals surface area contributed by atoms with Gasteiger partial charge in [-0.2, -0.15) is 0 Å². The summed E-state index contributed by atoms with van der Waals surface area (Å²) in [5.41, 5.74) is 1.15. The number of amides is 1. The van der Waals surface area contributed by atoms with Gasteiger partial charge in [0, 0.05) is 30.6 Å². The van der Waals surface area contributed by atoms with Gasteiger partial charge in [0.15, 0.2) is 0 Å². The second kappa shape index (κ2) is 6.86. The minimum absolute atomic E-state index is 0.102. The van der Waals surface area contributed by atoms with Crippen LogP contribution in [-0.2, 0) is 17.9 Å². The summed E-state index contributed by atoms with van der Waals surface area (Å²) in [6, 6.07) is 9.70. The van der Waals surface area contributed by atoms with Crippen LogP contribution in [0.2, 0.25) is 0 Å².